The minimum Gasteiger partial charge on any atom is -0.392 e. The van der Waals surface area contributed by atoms with E-state index in [0.717, 1.165) is 25.7 Å². The SMILES string of the molecule is CCCC[C@H](O)[C@]1(CN)C[C@@H]1C. The van der Waals surface area contributed by atoms with Gasteiger partial charge in [-0.05, 0) is 18.8 Å². The molecule has 1 rings (SSSR count). The summed E-state index contributed by atoms with van der Waals surface area (Å²) in [6.07, 6.45) is 4.17. The van der Waals surface area contributed by atoms with Gasteiger partial charge in [-0.15, -0.1) is 0 Å². The first-order valence-electron chi connectivity index (χ1n) is 5.05. The lowest BCUT2D eigenvalue weighted by molar-refractivity contribution is 0.0784. The Balaban J connectivity index is 2.35. The lowest BCUT2D eigenvalue weighted by atomic mass is 9.92. The van der Waals surface area contributed by atoms with E-state index >= 15 is 0 Å². The van der Waals surface area contributed by atoms with E-state index in [4.69, 9.17) is 5.73 Å². The summed E-state index contributed by atoms with van der Waals surface area (Å²) in [7, 11) is 0. The number of hydrogen-bond donors (Lipinski definition) is 2. The fourth-order valence-corrected chi connectivity index (χ4v) is 2.08. The molecule has 2 heteroatoms. The third-order valence-electron chi connectivity index (χ3n) is 3.38. The van der Waals surface area contributed by atoms with Crippen LogP contribution in [0.5, 0.6) is 0 Å². The maximum Gasteiger partial charge on any atom is 0.0611 e. The molecule has 0 spiro atoms. The molecule has 0 radical (unpaired) electrons. The zero-order valence-electron chi connectivity index (χ0n) is 8.21. The number of unbranched alkanes of at least 4 members (excludes halogenated alkanes) is 1. The molecule has 72 valence electrons. The highest BCUT2D eigenvalue weighted by Gasteiger charge is 2.54. The van der Waals surface area contributed by atoms with E-state index in [1.165, 1.54) is 0 Å². The van der Waals surface area contributed by atoms with Gasteiger partial charge in [0.25, 0.3) is 0 Å². The van der Waals surface area contributed by atoms with Crippen LogP contribution in [0.4, 0.5) is 0 Å². The van der Waals surface area contributed by atoms with Crippen LogP contribution in [0.3, 0.4) is 0 Å². The van der Waals surface area contributed by atoms with Crippen molar-refractivity contribution in [3.8, 4) is 0 Å². The van der Waals surface area contributed by atoms with Gasteiger partial charge in [-0.1, -0.05) is 26.7 Å². The molecule has 0 aromatic carbocycles. The molecule has 0 aromatic rings. The van der Waals surface area contributed by atoms with Crippen molar-refractivity contribution < 1.29 is 5.11 Å². The van der Waals surface area contributed by atoms with Crippen LogP contribution in [-0.4, -0.2) is 17.8 Å². The molecule has 3 atom stereocenters. The summed E-state index contributed by atoms with van der Waals surface area (Å²) in [4.78, 5) is 0. The molecule has 12 heavy (non-hydrogen) atoms. The van der Waals surface area contributed by atoms with Gasteiger partial charge in [-0.25, -0.2) is 0 Å². The van der Waals surface area contributed by atoms with Crippen molar-refractivity contribution in [1.82, 2.24) is 0 Å². The minimum atomic E-state index is -0.155. The highest BCUT2D eigenvalue weighted by molar-refractivity contribution is 5.05. The molecule has 0 heterocycles. The number of nitrogens with two attached hydrogens (primary N) is 1. The molecular formula is C10H21NO. The Morgan fingerprint density at radius 1 is 1.67 bits per heavy atom. The summed E-state index contributed by atoms with van der Waals surface area (Å²) in [5, 5.41) is 9.86. The molecule has 0 bridgehead atoms. The molecule has 2 nitrogen and oxygen atoms in total. The van der Waals surface area contributed by atoms with Crippen LogP contribution in [0.1, 0.15) is 39.5 Å². The van der Waals surface area contributed by atoms with E-state index < -0.39 is 0 Å². The third-order valence-corrected chi connectivity index (χ3v) is 3.38. The molecular weight excluding hydrogens is 150 g/mol. The normalized spacial score (nSPS) is 36.5. The smallest absolute Gasteiger partial charge is 0.0611 e. The predicted octanol–water partition coefficient (Wildman–Crippen LogP) is 1.52. The monoisotopic (exact) mass is 171 g/mol. The Labute approximate surface area is 75.2 Å². The molecule has 1 aliphatic rings. The average molecular weight is 171 g/mol. The first-order valence-corrected chi connectivity index (χ1v) is 5.05. The van der Waals surface area contributed by atoms with Crippen LogP contribution >= 0.6 is 0 Å². The molecule has 0 aromatic heterocycles. The fourth-order valence-electron chi connectivity index (χ4n) is 2.08. The van der Waals surface area contributed by atoms with Crippen molar-refractivity contribution in [1.29, 1.82) is 0 Å². The van der Waals surface area contributed by atoms with Gasteiger partial charge < -0.3 is 10.8 Å². The van der Waals surface area contributed by atoms with Crippen LogP contribution in [0.15, 0.2) is 0 Å². The van der Waals surface area contributed by atoms with Gasteiger partial charge in [-0.2, -0.15) is 0 Å². The second-order valence-corrected chi connectivity index (χ2v) is 4.20. The third kappa shape index (κ3) is 1.64. The number of hydrogen-bond acceptors (Lipinski definition) is 2. The fraction of sp³-hybridized carbons (Fsp3) is 1.00. The second-order valence-electron chi connectivity index (χ2n) is 4.20. The Hall–Kier alpha value is -0.0800. The van der Waals surface area contributed by atoms with E-state index in [0.29, 0.717) is 12.5 Å². The van der Waals surface area contributed by atoms with E-state index in [-0.39, 0.29) is 11.5 Å². The van der Waals surface area contributed by atoms with E-state index in [1.807, 2.05) is 0 Å². The molecule has 0 saturated heterocycles. The molecule has 1 aliphatic carbocycles. The van der Waals surface area contributed by atoms with Crippen LogP contribution in [0.25, 0.3) is 0 Å². The summed E-state index contributed by atoms with van der Waals surface area (Å²) in [6, 6.07) is 0. The van der Waals surface area contributed by atoms with Crippen LogP contribution in [0.2, 0.25) is 0 Å². The molecule has 3 N–H and O–H groups in total. The van der Waals surface area contributed by atoms with Gasteiger partial charge in [-0.3, -0.25) is 0 Å². The van der Waals surface area contributed by atoms with Crippen molar-refractivity contribution in [3.05, 3.63) is 0 Å². The van der Waals surface area contributed by atoms with Gasteiger partial charge in [0.15, 0.2) is 0 Å². The van der Waals surface area contributed by atoms with Gasteiger partial charge >= 0.3 is 0 Å². The molecule has 0 amide bonds. The van der Waals surface area contributed by atoms with Gasteiger partial charge in [0.1, 0.15) is 0 Å². The van der Waals surface area contributed by atoms with E-state index in [2.05, 4.69) is 13.8 Å². The maximum atomic E-state index is 9.86. The van der Waals surface area contributed by atoms with E-state index in [1.54, 1.807) is 0 Å². The minimum absolute atomic E-state index is 0.0924. The topological polar surface area (TPSA) is 46.2 Å². The summed E-state index contributed by atoms with van der Waals surface area (Å²) < 4.78 is 0. The quantitative estimate of drug-likeness (QED) is 0.659. The van der Waals surface area contributed by atoms with Crippen LogP contribution < -0.4 is 5.73 Å². The largest absolute Gasteiger partial charge is 0.392 e. The average Bonchev–Trinajstić information content (AvgIpc) is 2.74. The Bertz CT molecular complexity index is 145. The highest BCUT2D eigenvalue weighted by atomic mass is 16.3. The summed E-state index contributed by atoms with van der Waals surface area (Å²) in [6.45, 7) is 4.99. The first kappa shape index (κ1) is 10.0. The maximum absolute atomic E-state index is 9.86. The van der Waals surface area contributed by atoms with Crippen molar-refractivity contribution in [3.63, 3.8) is 0 Å². The summed E-state index contributed by atoms with van der Waals surface area (Å²) in [5.74, 6) is 0.634. The summed E-state index contributed by atoms with van der Waals surface area (Å²) in [5.41, 5.74) is 5.76. The zero-order chi connectivity index (χ0) is 9.19. The number of aliphatic hydroxyl groups is 1. The first-order chi connectivity index (χ1) is 5.67. The van der Waals surface area contributed by atoms with Gasteiger partial charge in [0.05, 0.1) is 6.10 Å². The number of rotatable bonds is 5. The highest BCUT2D eigenvalue weighted by Crippen LogP contribution is 2.54. The van der Waals surface area contributed by atoms with Crippen molar-refractivity contribution in [2.75, 3.05) is 6.54 Å². The molecule has 1 saturated carbocycles. The van der Waals surface area contributed by atoms with Crippen molar-refractivity contribution >= 4 is 0 Å². The van der Waals surface area contributed by atoms with E-state index in [9.17, 15) is 5.11 Å². The predicted molar refractivity (Wildman–Crippen MR) is 50.8 cm³/mol. The summed E-state index contributed by atoms with van der Waals surface area (Å²) >= 11 is 0. The standard InChI is InChI=1S/C10H21NO/c1-3-4-5-9(12)10(7-11)6-8(10)2/h8-9,12H,3-7,11H2,1-2H3/t8-,9-,10-/m0/s1. The van der Waals surface area contributed by atoms with Gasteiger partial charge in [0.2, 0.25) is 0 Å². The molecule has 1 fully saturated rings. The second kappa shape index (κ2) is 3.75. The van der Waals surface area contributed by atoms with Crippen LogP contribution in [0, 0.1) is 11.3 Å². The Morgan fingerprint density at radius 3 is 2.58 bits per heavy atom. The lowest BCUT2D eigenvalue weighted by Gasteiger charge is -2.21. The zero-order valence-corrected chi connectivity index (χ0v) is 8.21. The van der Waals surface area contributed by atoms with Gasteiger partial charge in [0, 0.05) is 12.0 Å². The Kier molecular flexibility index (Phi) is 3.13. The lowest BCUT2D eigenvalue weighted by Crippen LogP contribution is -2.31. The van der Waals surface area contributed by atoms with Crippen molar-refractivity contribution in [2.24, 2.45) is 17.1 Å². The number of aliphatic hydroxyl groups excluding tert-OH is 1. The molecule has 0 unspecified atom stereocenters. The van der Waals surface area contributed by atoms with Crippen molar-refractivity contribution in [2.45, 2.75) is 45.6 Å². The molecule has 0 aliphatic heterocycles. The Morgan fingerprint density at radius 2 is 2.25 bits per heavy atom. The van der Waals surface area contributed by atoms with Crippen LogP contribution in [-0.2, 0) is 0 Å².